The van der Waals surface area contributed by atoms with Gasteiger partial charge in [0.05, 0.1) is 23.9 Å². The Kier molecular flexibility index (Phi) is 2.54. The Labute approximate surface area is 65.4 Å². The fourth-order valence-electron chi connectivity index (χ4n) is 0.667. The molecule has 0 aliphatic carbocycles. The Balaban J connectivity index is 2.77. The van der Waals surface area contributed by atoms with E-state index in [1.54, 1.807) is 19.6 Å². The molecule has 4 nitrogen and oxygen atoms in total. The van der Waals surface area contributed by atoms with Gasteiger partial charge in [-0.2, -0.15) is 0 Å². The minimum absolute atomic E-state index is 0.887. The first-order valence-corrected chi connectivity index (χ1v) is 3.28. The van der Waals surface area contributed by atoms with Gasteiger partial charge < -0.3 is 5.32 Å². The normalized spacial score (nSPS) is 10.4. The number of anilines is 1. The van der Waals surface area contributed by atoms with Crippen molar-refractivity contribution in [2.45, 2.75) is 6.92 Å². The van der Waals surface area contributed by atoms with Crippen molar-refractivity contribution in [3.63, 3.8) is 0 Å². The first-order valence-electron chi connectivity index (χ1n) is 3.28. The number of nitrogens with zero attached hydrogens (tertiary/aromatic N) is 3. The van der Waals surface area contributed by atoms with E-state index in [4.69, 9.17) is 0 Å². The van der Waals surface area contributed by atoms with Crippen LogP contribution in [0.5, 0.6) is 0 Å². The van der Waals surface area contributed by atoms with Gasteiger partial charge >= 0.3 is 0 Å². The van der Waals surface area contributed by atoms with Gasteiger partial charge in [-0.15, -0.1) is 0 Å². The van der Waals surface area contributed by atoms with E-state index in [2.05, 4.69) is 20.3 Å². The number of hydrogen-bond acceptors (Lipinski definition) is 3. The van der Waals surface area contributed by atoms with Crippen LogP contribution in [-0.4, -0.2) is 23.4 Å². The molecule has 0 aliphatic heterocycles. The lowest BCUT2D eigenvalue weighted by Gasteiger charge is -2.00. The third kappa shape index (κ3) is 2.00. The molecule has 0 spiro atoms. The number of aromatic nitrogens is 2. The Bertz CT molecular complexity index is 256. The summed E-state index contributed by atoms with van der Waals surface area (Å²) in [4.78, 5) is 11.6. The van der Waals surface area contributed by atoms with Crippen molar-refractivity contribution in [1.29, 1.82) is 0 Å². The van der Waals surface area contributed by atoms with Gasteiger partial charge in [0, 0.05) is 7.05 Å². The third-order valence-electron chi connectivity index (χ3n) is 1.26. The summed E-state index contributed by atoms with van der Waals surface area (Å²) in [5, 5.41) is 2.95. The van der Waals surface area contributed by atoms with Crippen molar-refractivity contribution >= 4 is 12.0 Å². The van der Waals surface area contributed by atoms with Crippen molar-refractivity contribution in [3.05, 3.63) is 18.2 Å². The predicted molar refractivity (Wildman–Crippen MR) is 44.8 cm³/mol. The van der Waals surface area contributed by atoms with Crippen molar-refractivity contribution in [2.75, 3.05) is 12.4 Å². The van der Waals surface area contributed by atoms with E-state index in [0.717, 1.165) is 11.4 Å². The zero-order valence-corrected chi connectivity index (χ0v) is 6.57. The van der Waals surface area contributed by atoms with E-state index in [0.29, 0.717) is 0 Å². The summed E-state index contributed by atoms with van der Waals surface area (Å²) in [6, 6.07) is 0. The van der Waals surface area contributed by atoms with Crippen LogP contribution in [0, 0.1) is 6.92 Å². The van der Waals surface area contributed by atoms with Crippen molar-refractivity contribution in [2.24, 2.45) is 4.99 Å². The largest absolute Gasteiger partial charge is 0.344 e. The molecule has 0 aliphatic rings. The van der Waals surface area contributed by atoms with Crippen LogP contribution >= 0.6 is 0 Å². The molecule has 1 rings (SSSR count). The SMILES string of the molecule is CN=CNc1cncnc1C. The summed E-state index contributed by atoms with van der Waals surface area (Å²) in [6.45, 7) is 1.91. The van der Waals surface area contributed by atoms with Gasteiger partial charge in [0.25, 0.3) is 0 Å². The molecule has 1 heterocycles. The molecule has 0 unspecified atom stereocenters. The maximum absolute atomic E-state index is 4.00. The Morgan fingerprint density at radius 2 is 2.45 bits per heavy atom. The Morgan fingerprint density at radius 3 is 3.09 bits per heavy atom. The van der Waals surface area contributed by atoms with E-state index in [9.17, 15) is 0 Å². The molecular formula is C7H10N4. The number of hydrogen-bond donors (Lipinski definition) is 1. The molecule has 0 fully saturated rings. The van der Waals surface area contributed by atoms with Gasteiger partial charge in [-0.25, -0.2) is 9.97 Å². The molecule has 1 aromatic rings. The summed E-state index contributed by atoms with van der Waals surface area (Å²) in [7, 11) is 1.70. The van der Waals surface area contributed by atoms with E-state index in [-0.39, 0.29) is 0 Å². The molecule has 0 aromatic carbocycles. The number of rotatable bonds is 2. The number of aliphatic imine (C=N–C) groups is 1. The first kappa shape index (κ1) is 7.65. The van der Waals surface area contributed by atoms with Crippen LogP contribution in [0.2, 0.25) is 0 Å². The van der Waals surface area contributed by atoms with Gasteiger partial charge in [-0.1, -0.05) is 0 Å². The van der Waals surface area contributed by atoms with Gasteiger partial charge in [0.15, 0.2) is 0 Å². The van der Waals surface area contributed by atoms with Crippen LogP contribution in [0.4, 0.5) is 5.69 Å². The molecule has 0 saturated carbocycles. The molecule has 1 aromatic heterocycles. The highest BCUT2D eigenvalue weighted by Gasteiger charge is 1.93. The summed E-state index contributed by atoms with van der Waals surface area (Å²) < 4.78 is 0. The second-order valence-electron chi connectivity index (χ2n) is 2.05. The second-order valence-corrected chi connectivity index (χ2v) is 2.05. The lowest BCUT2D eigenvalue weighted by Crippen LogP contribution is -1.98. The molecule has 0 bridgehead atoms. The number of aryl methyl sites for hydroxylation is 1. The van der Waals surface area contributed by atoms with Crippen LogP contribution in [0.1, 0.15) is 5.69 Å². The lowest BCUT2D eigenvalue weighted by atomic mass is 10.4. The van der Waals surface area contributed by atoms with Crippen LogP contribution < -0.4 is 5.32 Å². The molecular weight excluding hydrogens is 140 g/mol. The maximum atomic E-state index is 4.00. The number of nitrogens with one attached hydrogen (secondary N) is 1. The Hall–Kier alpha value is -1.45. The average molecular weight is 150 g/mol. The van der Waals surface area contributed by atoms with Crippen molar-refractivity contribution < 1.29 is 0 Å². The average Bonchev–Trinajstić information content (AvgIpc) is 2.03. The topological polar surface area (TPSA) is 50.2 Å². The molecule has 11 heavy (non-hydrogen) atoms. The molecule has 58 valence electrons. The van der Waals surface area contributed by atoms with Crippen molar-refractivity contribution in [1.82, 2.24) is 9.97 Å². The third-order valence-corrected chi connectivity index (χ3v) is 1.26. The van der Waals surface area contributed by atoms with Crippen LogP contribution in [0.25, 0.3) is 0 Å². The smallest absolute Gasteiger partial charge is 0.115 e. The van der Waals surface area contributed by atoms with Gasteiger partial charge in [0.2, 0.25) is 0 Å². The molecule has 0 saturated heterocycles. The van der Waals surface area contributed by atoms with E-state index >= 15 is 0 Å². The zero-order chi connectivity index (χ0) is 8.10. The maximum Gasteiger partial charge on any atom is 0.115 e. The van der Waals surface area contributed by atoms with Crippen LogP contribution in [0.15, 0.2) is 17.5 Å². The summed E-state index contributed by atoms with van der Waals surface area (Å²) in [6.07, 6.45) is 4.83. The fourth-order valence-corrected chi connectivity index (χ4v) is 0.667. The molecule has 1 N–H and O–H groups in total. The minimum Gasteiger partial charge on any atom is -0.344 e. The standard InChI is InChI=1S/C7H10N4/c1-6-7(11-4-8-2)3-9-5-10-6/h3-5H,1-2H3,(H,8,11). The Morgan fingerprint density at radius 1 is 1.64 bits per heavy atom. The van der Waals surface area contributed by atoms with Crippen LogP contribution in [0.3, 0.4) is 0 Å². The minimum atomic E-state index is 0.887. The highest BCUT2D eigenvalue weighted by atomic mass is 15.0. The lowest BCUT2D eigenvalue weighted by molar-refractivity contribution is 1.11. The first-order chi connectivity index (χ1) is 5.34. The van der Waals surface area contributed by atoms with Crippen LogP contribution in [-0.2, 0) is 0 Å². The van der Waals surface area contributed by atoms with Crippen molar-refractivity contribution in [3.8, 4) is 0 Å². The van der Waals surface area contributed by atoms with E-state index in [1.807, 2.05) is 6.92 Å². The molecule has 4 heteroatoms. The monoisotopic (exact) mass is 150 g/mol. The van der Waals surface area contributed by atoms with E-state index < -0.39 is 0 Å². The summed E-state index contributed by atoms with van der Waals surface area (Å²) in [5.74, 6) is 0. The highest BCUT2D eigenvalue weighted by molar-refractivity contribution is 5.75. The summed E-state index contributed by atoms with van der Waals surface area (Å²) in [5.41, 5.74) is 1.80. The molecule has 0 amide bonds. The molecule has 0 radical (unpaired) electrons. The summed E-state index contributed by atoms with van der Waals surface area (Å²) >= 11 is 0. The highest BCUT2D eigenvalue weighted by Crippen LogP contribution is 2.06. The van der Waals surface area contributed by atoms with E-state index in [1.165, 1.54) is 6.33 Å². The second kappa shape index (κ2) is 3.65. The quantitative estimate of drug-likeness (QED) is 0.502. The van der Waals surface area contributed by atoms with Gasteiger partial charge in [0.1, 0.15) is 6.33 Å². The molecule has 0 atom stereocenters. The fraction of sp³-hybridized carbons (Fsp3) is 0.286. The van der Waals surface area contributed by atoms with Gasteiger partial charge in [-0.05, 0) is 6.92 Å². The van der Waals surface area contributed by atoms with Gasteiger partial charge in [-0.3, -0.25) is 4.99 Å². The zero-order valence-electron chi connectivity index (χ0n) is 6.57. The predicted octanol–water partition coefficient (Wildman–Crippen LogP) is 0.855.